The number of aryl methyl sites for hydroxylation is 1. The van der Waals surface area contributed by atoms with E-state index in [1.54, 1.807) is 7.11 Å². The van der Waals surface area contributed by atoms with Gasteiger partial charge >= 0.3 is 6.03 Å². The summed E-state index contributed by atoms with van der Waals surface area (Å²) in [6.45, 7) is 3.92. The number of benzene rings is 3. The van der Waals surface area contributed by atoms with Crippen LogP contribution in [0.1, 0.15) is 16.7 Å². The van der Waals surface area contributed by atoms with Gasteiger partial charge in [0.15, 0.2) is 0 Å². The van der Waals surface area contributed by atoms with Crippen LogP contribution >= 0.6 is 11.3 Å². The summed E-state index contributed by atoms with van der Waals surface area (Å²) in [4.78, 5) is 26.1. The molecule has 0 bridgehead atoms. The van der Waals surface area contributed by atoms with Gasteiger partial charge in [-0.05, 0) is 60.9 Å². The molecule has 3 N–H and O–H groups in total. The summed E-state index contributed by atoms with van der Waals surface area (Å²) in [5, 5.41) is 17.8. The number of ether oxygens (including phenoxy) is 1. The van der Waals surface area contributed by atoms with Crippen molar-refractivity contribution in [2.75, 3.05) is 17.7 Å². The molecule has 1 heterocycles. The molecule has 0 aliphatic rings. The summed E-state index contributed by atoms with van der Waals surface area (Å²) in [6.07, 6.45) is 0.317. The normalized spacial score (nSPS) is 11.4. The van der Waals surface area contributed by atoms with Gasteiger partial charge in [0.05, 0.1) is 7.11 Å². The Morgan fingerprint density at radius 3 is 2.39 bits per heavy atom. The fraction of sp³-hybridized carbons (Fsp3) is 0.185. The molecule has 184 valence electrons. The molecule has 0 radical (unpaired) electrons. The summed E-state index contributed by atoms with van der Waals surface area (Å²) < 4.78 is 5.19. The van der Waals surface area contributed by atoms with Crippen LogP contribution in [0.3, 0.4) is 0 Å². The standard InChI is InChI=1S/C27H27N5O3S/c1-17-8-7-11-22(18(17)2)28-26(34)29-23(16-19-9-5-4-6-10-19)24(33)30-27-32-31-25(36-27)20-12-14-21(35-3)15-13-20/h4-15,23H,16H2,1-3H3,(H2,28,29,34)(H,30,32,33). The van der Waals surface area contributed by atoms with Crippen LogP contribution in [0, 0.1) is 13.8 Å². The second-order valence-corrected chi connectivity index (χ2v) is 9.20. The third-order valence-corrected chi connectivity index (χ3v) is 6.64. The van der Waals surface area contributed by atoms with E-state index in [-0.39, 0.29) is 5.91 Å². The van der Waals surface area contributed by atoms with Gasteiger partial charge < -0.3 is 15.4 Å². The molecule has 3 aromatic carbocycles. The lowest BCUT2D eigenvalue weighted by Gasteiger charge is -2.19. The van der Waals surface area contributed by atoms with Crippen LogP contribution in [0.25, 0.3) is 10.6 Å². The maximum Gasteiger partial charge on any atom is 0.319 e. The first-order chi connectivity index (χ1) is 17.4. The van der Waals surface area contributed by atoms with E-state index in [9.17, 15) is 9.59 Å². The zero-order chi connectivity index (χ0) is 25.5. The van der Waals surface area contributed by atoms with Gasteiger partial charge in [0.2, 0.25) is 11.0 Å². The van der Waals surface area contributed by atoms with Crippen molar-refractivity contribution in [3.8, 4) is 16.3 Å². The van der Waals surface area contributed by atoms with Crippen molar-refractivity contribution in [2.45, 2.75) is 26.3 Å². The minimum absolute atomic E-state index is 0.317. The lowest BCUT2D eigenvalue weighted by Crippen LogP contribution is -2.47. The summed E-state index contributed by atoms with van der Waals surface area (Å²) in [7, 11) is 1.61. The molecular weight excluding hydrogens is 474 g/mol. The van der Waals surface area contributed by atoms with E-state index in [1.165, 1.54) is 11.3 Å². The molecule has 3 amide bonds. The van der Waals surface area contributed by atoms with Gasteiger partial charge in [-0.3, -0.25) is 10.1 Å². The Morgan fingerprint density at radius 2 is 1.67 bits per heavy atom. The Bertz CT molecular complexity index is 1340. The number of anilines is 2. The molecule has 0 aliphatic carbocycles. The predicted molar refractivity (Wildman–Crippen MR) is 143 cm³/mol. The molecular formula is C27H27N5O3S. The van der Waals surface area contributed by atoms with Crippen molar-refractivity contribution in [1.82, 2.24) is 15.5 Å². The fourth-order valence-electron chi connectivity index (χ4n) is 3.58. The average molecular weight is 502 g/mol. The molecule has 1 aromatic heterocycles. The van der Waals surface area contributed by atoms with Gasteiger partial charge in [-0.25, -0.2) is 4.79 Å². The highest BCUT2D eigenvalue weighted by molar-refractivity contribution is 7.18. The molecule has 0 saturated heterocycles. The molecule has 36 heavy (non-hydrogen) atoms. The van der Waals surface area contributed by atoms with Crippen LogP contribution in [0.5, 0.6) is 5.75 Å². The molecule has 1 atom stereocenters. The maximum absolute atomic E-state index is 13.2. The maximum atomic E-state index is 13.2. The molecule has 1 unspecified atom stereocenters. The Kier molecular flexibility index (Phi) is 7.92. The van der Waals surface area contributed by atoms with Crippen LogP contribution in [-0.2, 0) is 11.2 Å². The molecule has 0 saturated carbocycles. The molecule has 0 aliphatic heterocycles. The number of nitrogens with zero attached hydrogens (tertiary/aromatic N) is 2. The van der Waals surface area contributed by atoms with Crippen LogP contribution in [-0.4, -0.2) is 35.3 Å². The summed E-state index contributed by atoms with van der Waals surface area (Å²) in [5.74, 6) is 0.359. The van der Waals surface area contributed by atoms with Crippen LogP contribution in [0.4, 0.5) is 15.6 Å². The van der Waals surface area contributed by atoms with Crippen molar-refractivity contribution in [3.63, 3.8) is 0 Å². The van der Waals surface area contributed by atoms with Crippen molar-refractivity contribution >= 4 is 34.1 Å². The van der Waals surface area contributed by atoms with Gasteiger partial charge in [-0.1, -0.05) is 53.8 Å². The zero-order valence-electron chi connectivity index (χ0n) is 20.2. The molecule has 8 nitrogen and oxygen atoms in total. The number of urea groups is 1. The highest BCUT2D eigenvalue weighted by Crippen LogP contribution is 2.28. The first-order valence-corrected chi connectivity index (χ1v) is 12.2. The molecule has 0 fully saturated rings. The number of amides is 3. The first kappa shape index (κ1) is 24.9. The zero-order valence-corrected chi connectivity index (χ0v) is 21.1. The third-order valence-electron chi connectivity index (χ3n) is 5.75. The van der Waals surface area contributed by atoms with E-state index < -0.39 is 12.1 Å². The van der Waals surface area contributed by atoms with E-state index in [1.807, 2.05) is 86.6 Å². The first-order valence-electron chi connectivity index (χ1n) is 11.4. The van der Waals surface area contributed by atoms with Gasteiger partial charge in [0, 0.05) is 17.7 Å². The van der Waals surface area contributed by atoms with E-state index >= 15 is 0 Å². The molecule has 9 heteroatoms. The fourth-order valence-corrected chi connectivity index (χ4v) is 4.33. The Hall–Kier alpha value is -4.24. The van der Waals surface area contributed by atoms with E-state index in [2.05, 4.69) is 26.1 Å². The summed E-state index contributed by atoms with van der Waals surface area (Å²) >= 11 is 1.25. The van der Waals surface area contributed by atoms with Crippen molar-refractivity contribution in [1.29, 1.82) is 0 Å². The smallest absolute Gasteiger partial charge is 0.319 e. The van der Waals surface area contributed by atoms with Crippen LogP contribution < -0.4 is 20.7 Å². The minimum atomic E-state index is -0.828. The molecule has 0 spiro atoms. The number of nitrogens with one attached hydrogen (secondary N) is 3. The van der Waals surface area contributed by atoms with Gasteiger partial charge in [-0.2, -0.15) is 0 Å². The number of hydrogen-bond donors (Lipinski definition) is 3. The van der Waals surface area contributed by atoms with Gasteiger partial charge in [0.1, 0.15) is 16.8 Å². The quantitative estimate of drug-likeness (QED) is 0.308. The highest BCUT2D eigenvalue weighted by Gasteiger charge is 2.23. The van der Waals surface area contributed by atoms with Crippen molar-refractivity contribution in [3.05, 3.63) is 89.5 Å². The Balaban J connectivity index is 1.48. The number of carbonyl (C=O) groups is 2. The number of aromatic nitrogens is 2. The lowest BCUT2D eigenvalue weighted by atomic mass is 10.1. The van der Waals surface area contributed by atoms with E-state index in [4.69, 9.17) is 4.74 Å². The van der Waals surface area contributed by atoms with Crippen molar-refractivity contribution < 1.29 is 14.3 Å². The van der Waals surface area contributed by atoms with Crippen LogP contribution in [0.15, 0.2) is 72.8 Å². The van der Waals surface area contributed by atoms with Gasteiger partial charge in [-0.15, -0.1) is 10.2 Å². The topological polar surface area (TPSA) is 105 Å². The minimum Gasteiger partial charge on any atom is -0.497 e. The lowest BCUT2D eigenvalue weighted by molar-refractivity contribution is -0.117. The largest absolute Gasteiger partial charge is 0.497 e. The second-order valence-electron chi connectivity index (χ2n) is 8.22. The summed E-state index contributed by atoms with van der Waals surface area (Å²) in [5.41, 5.74) is 4.51. The monoisotopic (exact) mass is 501 g/mol. The predicted octanol–water partition coefficient (Wildman–Crippen LogP) is 5.20. The Labute approximate surface area is 213 Å². The number of hydrogen-bond acceptors (Lipinski definition) is 6. The molecule has 4 aromatic rings. The van der Waals surface area contributed by atoms with E-state index in [0.29, 0.717) is 22.2 Å². The van der Waals surface area contributed by atoms with E-state index in [0.717, 1.165) is 28.0 Å². The number of carbonyl (C=O) groups excluding carboxylic acids is 2. The van der Waals surface area contributed by atoms with Gasteiger partial charge in [0.25, 0.3) is 0 Å². The third kappa shape index (κ3) is 6.25. The average Bonchev–Trinajstić information content (AvgIpc) is 3.35. The Morgan fingerprint density at radius 1 is 0.917 bits per heavy atom. The second kappa shape index (κ2) is 11.5. The summed E-state index contributed by atoms with van der Waals surface area (Å²) in [6, 6.07) is 21.3. The highest BCUT2D eigenvalue weighted by atomic mass is 32.1. The number of rotatable bonds is 8. The van der Waals surface area contributed by atoms with Crippen molar-refractivity contribution in [2.24, 2.45) is 0 Å². The molecule has 4 rings (SSSR count). The van der Waals surface area contributed by atoms with Crippen LogP contribution in [0.2, 0.25) is 0 Å². The number of methoxy groups -OCH3 is 1. The SMILES string of the molecule is COc1ccc(-c2nnc(NC(=O)C(Cc3ccccc3)NC(=O)Nc3cccc(C)c3C)s2)cc1.